The minimum atomic E-state index is -0.492. The number of alkyl halides is 1. The molecule has 1 heterocycles. The predicted octanol–water partition coefficient (Wildman–Crippen LogP) is 3.09. The lowest BCUT2D eigenvalue weighted by Crippen LogP contribution is -2.28. The Labute approximate surface area is 131 Å². The van der Waals surface area contributed by atoms with Gasteiger partial charge >= 0.3 is 0 Å². The van der Waals surface area contributed by atoms with Gasteiger partial charge in [0.05, 0.1) is 21.9 Å². The molecule has 1 amide bonds. The Hall–Kier alpha value is -1.33. The molecule has 0 bridgehead atoms. The molecule has 0 atom stereocenters. The maximum atomic E-state index is 13.6. The van der Waals surface area contributed by atoms with Crippen molar-refractivity contribution in [3.63, 3.8) is 0 Å². The third-order valence-corrected chi connectivity index (χ3v) is 4.10. The number of benzene rings is 1. The third-order valence-electron chi connectivity index (χ3n) is 3.57. The molecule has 0 unspecified atom stereocenters. The fourth-order valence-corrected chi connectivity index (χ4v) is 2.66. The predicted molar refractivity (Wildman–Crippen MR) is 80.0 cm³/mol. The number of halogens is 3. The SMILES string of the molecule is O=C(NCCn1c(CCl)nc2cc(Cl)c(F)cc21)C1CC1. The second kappa shape index (κ2) is 5.81. The Morgan fingerprint density at radius 3 is 2.90 bits per heavy atom. The Morgan fingerprint density at radius 1 is 1.48 bits per heavy atom. The van der Waals surface area contributed by atoms with Crippen LogP contribution in [-0.2, 0) is 17.2 Å². The Kier molecular flexibility index (Phi) is 4.04. The fourth-order valence-electron chi connectivity index (χ4n) is 2.30. The minimum absolute atomic E-state index is 0.0373. The standard InChI is InChI=1S/C14H14Cl2FN3O/c15-7-13-19-11-5-9(16)10(17)6-12(11)20(13)4-3-18-14(21)8-1-2-8/h5-6,8H,1-4,7H2,(H,18,21). The maximum Gasteiger partial charge on any atom is 0.223 e. The van der Waals surface area contributed by atoms with Crippen LogP contribution >= 0.6 is 23.2 Å². The number of amides is 1. The van der Waals surface area contributed by atoms with Crippen molar-refractivity contribution in [1.29, 1.82) is 0 Å². The fraction of sp³-hybridized carbons (Fsp3) is 0.429. The molecule has 21 heavy (non-hydrogen) atoms. The summed E-state index contributed by atoms with van der Waals surface area (Å²) in [6.07, 6.45) is 1.94. The number of hydrogen-bond acceptors (Lipinski definition) is 2. The average Bonchev–Trinajstić information content (AvgIpc) is 3.25. The van der Waals surface area contributed by atoms with Gasteiger partial charge < -0.3 is 9.88 Å². The van der Waals surface area contributed by atoms with Gasteiger partial charge in [0.25, 0.3) is 0 Å². The quantitative estimate of drug-likeness (QED) is 0.857. The molecule has 0 spiro atoms. The van der Waals surface area contributed by atoms with Gasteiger partial charge in [-0.15, -0.1) is 11.6 Å². The number of carbonyl (C=O) groups is 1. The molecule has 0 aliphatic heterocycles. The highest BCUT2D eigenvalue weighted by Gasteiger charge is 2.29. The van der Waals surface area contributed by atoms with Crippen LogP contribution in [0.2, 0.25) is 5.02 Å². The largest absolute Gasteiger partial charge is 0.354 e. The molecule has 112 valence electrons. The summed E-state index contributed by atoms with van der Waals surface area (Å²) in [5.74, 6) is 0.613. The number of imidazole rings is 1. The summed E-state index contributed by atoms with van der Waals surface area (Å²) >= 11 is 11.7. The molecule has 1 saturated carbocycles. The van der Waals surface area contributed by atoms with Gasteiger partial charge in [0.1, 0.15) is 11.6 Å². The molecular weight excluding hydrogens is 316 g/mol. The summed E-state index contributed by atoms with van der Waals surface area (Å²) in [4.78, 5) is 16.0. The van der Waals surface area contributed by atoms with Crippen LogP contribution in [0, 0.1) is 11.7 Å². The normalized spacial score (nSPS) is 14.6. The van der Waals surface area contributed by atoms with Crippen molar-refractivity contribution in [3.05, 3.63) is 28.8 Å². The number of rotatable bonds is 5. The Morgan fingerprint density at radius 2 is 2.24 bits per heavy atom. The van der Waals surface area contributed by atoms with Crippen molar-refractivity contribution in [2.24, 2.45) is 5.92 Å². The zero-order valence-electron chi connectivity index (χ0n) is 11.2. The van der Waals surface area contributed by atoms with Crippen LogP contribution in [0.1, 0.15) is 18.7 Å². The Bertz CT molecular complexity index is 697. The van der Waals surface area contributed by atoms with Crippen LogP contribution in [0.3, 0.4) is 0 Å². The summed E-state index contributed by atoms with van der Waals surface area (Å²) in [5, 5.41) is 2.91. The zero-order valence-corrected chi connectivity index (χ0v) is 12.7. The number of carbonyl (C=O) groups excluding carboxylic acids is 1. The number of aromatic nitrogens is 2. The Balaban J connectivity index is 1.81. The monoisotopic (exact) mass is 329 g/mol. The average molecular weight is 330 g/mol. The highest BCUT2D eigenvalue weighted by molar-refractivity contribution is 6.31. The second-order valence-electron chi connectivity index (χ2n) is 5.13. The molecule has 7 heteroatoms. The van der Waals surface area contributed by atoms with E-state index in [1.54, 1.807) is 0 Å². The van der Waals surface area contributed by atoms with E-state index in [0.717, 1.165) is 12.8 Å². The van der Waals surface area contributed by atoms with Crippen LogP contribution in [0.25, 0.3) is 11.0 Å². The van der Waals surface area contributed by atoms with Gasteiger partial charge in [-0.25, -0.2) is 9.37 Å². The number of nitrogens with one attached hydrogen (secondary N) is 1. The molecular formula is C14H14Cl2FN3O. The zero-order chi connectivity index (χ0) is 15.0. The molecule has 1 fully saturated rings. The van der Waals surface area contributed by atoms with Crippen LogP contribution in [0.15, 0.2) is 12.1 Å². The van der Waals surface area contributed by atoms with Crippen LogP contribution in [-0.4, -0.2) is 22.0 Å². The lowest BCUT2D eigenvalue weighted by atomic mass is 10.3. The molecule has 1 aliphatic carbocycles. The summed E-state index contributed by atoms with van der Waals surface area (Å²) in [6, 6.07) is 2.84. The lowest BCUT2D eigenvalue weighted by molar-refractivity contribution is -0.122. The molecule has 1 aliphatic rings. The molecule has 1 aromatic carbocycles. The number of fused-ring (bicyclic) bond motifs is 1. The van der Waals surface area contributed by atoms with Crippen LogP contribution < -0.4 is 5.32 Å². The smallest absolute Gasteiger partial charge is 0.223 e. The topological polar surface area (TPSA) is 46.9 Å². The molecule has 2 aromatic rings. The van der Waals surface area contributed by atoms with Crippen molar-refractivity contribution in [2.45, 2.75) is 25.3 Å². The number of hydrogen-bond donors (Lipinski definition) is 1. The van der Waals surface area contributed by atoms with Gasteiger partial charge in [-0.3, -0.25) is 4.79 Å². The van der Waals surface area contributed by atoms with E-state index in [0.29, 0.717) is 29.9 Å². The van der Waals surface area contributed by atoms with E-state index in [-0.39, 0.29) is 22.7 Å². The summed E-state index contributed by atoms with van der Waals surface area (Å²) < 4.78 is 15.4. The first-order valence-corrected chi connectivity index (χ1v) is 7.69. The first-order valence-electron chi connectivity index (χ1n) is 6.78. The van der Waals surface area contributed by atoms with E-state index < -0.39 is 5.82 Å². The first-order chi connectivity index (χ1) is 10.1. The third kappa shape index (κ3) is 2.99. The second-order valence-corrected chi connectivity index (χ2v) is 5.81. The number of nitrogens with zero attached hydrogens (tertiary/aromatic N) is 2. The first kappa shape index (κ1) is 14.6. The van der Waals surface area contributed by atoms with Crippen molar-refractivity contribution in [2.75, 3.05) is 6.54 Å². The van der Waals surface area contributed by atoms with E-state index in [4.69, 9.17) is 23.2 Å². The summed E-state index contributed by atoms with van der Waals surface area (Å²) in [5.41, 5.74) is 1.23. The van der Waals surface area contributed by atoms with Crippen molar-refractivity contribution in [1.82, 2.24) is 14.9 Å². The lowest BCUT2D eigenvalue weighted by Gasteiger charge is -2.09. The van der Waals surface area contributed by atoms with Crippen molar-refractivity contribution >= 4 is 40.1 Å². The molecule has 0 saturated heterocycles. The summed E-state index contributed by atoms with van der Waals surface area (Å²) in [6.45, 7) is 0.965. The van der Waals surface area contributed by atoms with Crippen LogP contribution in [0.4, 0.5) is 4.39 Å². The highest BCUT2D eigenvalue weighted by atomic mass is 35.5. The van der Waals surface area contributed by atoms with Gasteiger partial charge in [-0.05, 0) is 18.9 Å². The molecule has 4 nitrogen and oxygen atoms in total. The summed E-state index contributed by atoms with van der Waals surface area (Å²) in [7, 11) is 0. The van der Waals surface area contributed by atoms with Gasteiger partial charge in [0, 0.05) is 25.1 Å². The maximum absolute atomic E-state index is 13.6. The van der Waals surface area contributed by atoms with Crippen molar-refractivity contribution < 1.29 is 9.18 Å². The van der Waals surface area contributed by atoms with Crippen molar-refractivity contribution in [3.8, 4) is 0 Å². The molecule has 1 N–H and O–H groups in total. The molecule has 1 aromatic heterocycles. The van der Waals surface area contributed by atoms with Gasteiger partial charge in [-0.1, -0.05) is 11.6 Å². The highest BCUT2D eigenvalue weighted by Crippen LogP contribution is 2.28. The van der Waals surface area contributed by atoms with E-state index in [1.807, 2.05) is 4.57 Å². The van der Waals surface area contributed by atoms with E-state index in [9.17, 15) is 9.18 Å². The minimum Gasteiger partial charge on any atom is -0.354 e. The van der Waals surface area contributed by atoms with E-state index in [2.05, 4.69) is 10.3 Å². The van der Waals surface area contributed by atoms with Gasteiger partial charge in [-0.2, -0.15) is 0 Å². The molecule has 0 radical (unpaired) electrons. The molecule has 3 rings (SSSR count). The van der Waals surface area contributed by atoms with Crippen LogP contribution in [0.5, 0.6) is 0 Å². The van der Waals surface area contributed by atoms with E-state index in [1.165, 1.54) is 12.1 Å². The van der Waals surface area contributed by atoms with Gasteiger partial charge in [0.15, 0.2) is 0 Å². The van der Waals surface area contributed by atoms with Gasteiger partial charge in [0.2, 0.25) is 5.91 Å². The van der Waals surface area contributed by atoms with E-state index >= 15 is 0 Å².